The largest absolute Gasteiger partial charge is 0.457 e. The monoisotopic (exact) mass is 498 g/mol. The third kappa shape index (κ3) is 3.45. The van der Waals surface area contributed by atoms with E-state index >= 15 is 0 Å². The van der Waals surface area contributed by atoms with Gasteiger partial charge in [-0.2, -0.15) is 0 Å². The van der Waals surface area contributed by atoms with Crippen molar-refractivity contribution in [2.24, 2.45) is 5.41 Å². The van der Waals surface area contributed by atoms with E-state index in [9.17, 15) is 4.79 Å². The van der Waals surface area contributed by atoms with Crippen LogP contribution in [-0.2, 0) is 14.0 Å². The molecule has 1 fully saturated rings. The third-order valence-electron chi connectivity index (χ3n) is 6.77. The van der Waals surface area contributed by atoms with Gasteiger partial charge in [0.25, 0.3) is 8.32 Å². The fourth-order valence-corrected chi connectivity index (χ4v) is 10.8. The van der Waals surface area contributed by atoms with Gasteiger partial charge in [-0.3, -0.25) is 4.79 Å². The van der Waals surface area contributed by atoms with Gasteiger partial charge in [-0.25, -0.2) is 0 Å². The van der Waals surface area contributed by atoms with E-state index in [1.165, 1.54) is 15.9 Å². The van der Waals surface area contributed by atoms with Crippen molar-refractivity contribution >= 4 is 40.6 Å². The molecule has 164 valence electrons. The Balaban J connectivity index is 1.85. The molecule has 1 aliphatic carbocycles. The predicted molar refractivity (Wildman–Crippen MR) is 132 cm³/mol. The lowest BCUT2D eigenvalue weighted by Crippen LogP contribution is -2.67. The van der Waals surface area contributed by atoms with Gasteiger partial charge in [-0.05, 0) is 29.3 Å². The number of hydrogen-bond acceptors (Lipinski definition) is 3. The Morgan fingerprint density at radius 3 is 2.06 bits per heavy atom. The molecule has 3 nitrogen and oxygen atoms in total. The van der Waals surface area contributed by atoms with Crippen LogP contribution in [0.5, 0.6) is 0 Å². The van der Waals surface area contributed by atoms with Gasteiger partial charge >= 0.3 is 5.97 Å². The predicted octanol–water partition coefficient (Wildman–Crippen LogP) is 4.98. The molecule has 0 saturated carbocycles. The standard InChI is InChI=1S/C26H31BrO3Si/c1-19-16-25(5)22(27)26(17-19,23(28)30-25)18-29-31(24(2,3)4,20-12-8-6-9-13-20)21-14-10-7-11-15-21/h6-15,17,22H,16,18H2,1-5H3/t22-,25+,26+/m0/s1. The van der Waals surface area contributed by atoms with E-state index in [2.05, 4.69) is 98.2 Å². The summed E-state index contributed by atoms with van der Waals surface area (Å²) < 4.78 is 13.0. The van der Waals surface area contributed by atoms with E-state index in [0.717, 1.165) is 6.42 Å². The molecule has 0 radical (unpaired) electrons. The highest BCUT2D eigenvalue weighted by Crippen LogP contribution is 2.54. The van der Waals surface area contributed by atoms with Gasteiger partial charge in [0.2, 0.25) is 0 Å². The van der Waals surface area contributed by atoms with Crippen molar-refractivity contribution in [3.8, 4) is 0 Å². The Bertz CT molecular complexity index is 959. The van der Waals surface area contributed by atoms with Crippen molar-refractivity contribution < 1.29 is 14.0 Å². The first kappa shape index (κ1) is 22.5. The number of alkyl halides is 1. The Morgan fingerprint density at radius 1 is 1.06 bits per heavy atom. The van der Waals surface area contributed by atoms with Crippen LogP contribution >= 0.6 is 15.9 Å². The first-order valence-electron chi connectivity index (χ1n) is 10.9. The van der Waals surface area contributed by atoms with Crippen molar-refractivity contribution in [3.05, 3.63) is 72.3 Å². The molecule has 3 atom stereocenters. The van der Waals surface area contributed by atoms with Crippen LogP contribution in [0.15, 0.2) is 72.3 Å². The second-order valence-electron chi connectivity index (χ2n) is 10.2. The van der Waals surface area contributed by atoms with Gasteiger partial charge in [0.1, 0.15) is 11.0 Å². The maximum Gasteiger partial charge on any atom is 0.320 e. The lowest BCUT2D eigenvalue weighted by atomic mass is 9.73. The first-order valence-corrected chi connectivity index (χ1v) is 13.7. The van der Waals surface area contributed by atoms with Crippen LogP contribution in [-0.4, -0.2) is 31.3 Å². The third-order valence-corrected chi connectivity index (χ3v) is 13.5. The molecule has 2 aliphatic rings. The second kappa shape index (κ2) is 7.71. The number of fused-ring (bicyclic) bond motifs is 2. The molecular weight excluding hydrogens is 468 g/mol. The number of carbonyl (C=O) groups excluding carboxylic acids is 1. The Hall–Kier alpha value is -1.69. The van der Waals surface area contributed by atoms with Crippen LogP contribution in [0.1, 0.15) is 41.0 Å². The molecule has 31 heavy (non-hydrogen) atoms. The number of benzene rings is 2. The van der Waals surface area contributed by atoms with Crippen molar-refractivity contribution in [2.75, 3.05) is 6.61 Å². The highest BCUT2D eigenvalue weighted by Gasteiger charge is 2.64. The van der Waals surface area contributed by atoms with Gasteiger partial charge in [-0.15, -0.1) is 0 Å². The quantitative estimate of drug-likeness (QED) is 0.252. The molecule has 2 aromatic rings. The minimum absolute atomic E-state index is 0.123. The molecule has 1 saturated heterocycles. The van der Waals surface area contributed by atoms with Crippen LogP contribution in [0, 0.1) is 5.41 Å². The fraction of sp³-hybridized carbons (Fsp3) is 0.423. The molecule has 5 heteroatoms. The highest BCUT2D eigenvalue weighted by molar-refractivity contribution is 9.09. The van der Waals surface area contributed by atoms with E-state index in [4.69, 9.17) is 9.16 Å². The summed E-state index contributed by atoms with van der Waals surface area (Å²) in [5.74, 6) is -0.188. The van der Waals surface area contributed by atoms with Gasteiger partial charge in [0, 0.05) is 6.42 Å². The average Bonchev–Trinajstić information content (AvgIpc) is 2.82. The molecule has 2 bridgehead atoms. The first-order chi connectivity index (χ1) is 14.6. The number of ether oxygens (including phenoxy) is 1. The summed E-state index contributed by atoms with van der Waals surface area (Å²) in [6.45, 7) is 11.1. The van der Waals surface area contributed by atoms with E-state index in [-0.39, 0.29) is 15.8 Å². The average molecular weight is 500 g/mol. The summed E-state index contributed by atoms with van der Waals surface area (Å²) >= 11 is 3.84. The number of hydrogen-bond donors (Lipinski definition) is 0. The zero-order valence-corrected chi connectivity index (χ0v) is 21.5. The topological polar surface area (TPSA) is 35.5 Å². The minimum atomic E-state index is -2.74. The second-order valence-corrected chi connectivity index (χ2v) is 15.4. The molecule has 4 rings (SSSR count). The summed E-state index contributed by atoms with van der Waals surface area (Å²) in [5, 5.41) is 2.27. The normalized spacial score (nSPS) is 28.3. The van der Waals surface area contributed by atoms with E-state index in [0.29, 0.717) is 6.61 Å². The summed E-state index contributed by atoms with van der Waals surface area (Å²) in [5.41, 5.74) is -0.176. The van der Waals surface area contributed by atoms with E-state index < -0.39 is 19.3 Å². The molecule has 0 amide bonds. The highest BCUT2D eigenvalue weighted by atomic mass is 79.9. The van der Waals surface area contributed by atoms with Crippen LogP contribution < -0.4 is 10.4 Å². The maximum atomic E-state index is 13.2. The molecule has 0 aromatic heterocycles. The van der Waals surface area contributed by atoms with Crippen molar-refractivity contribution in [3.63, 3.8) is 0 Å². The van der Waals surface area contributed by atoms with Crippen LogP contribution in [0.25, 0.3) is 0 Å². The van der Waals surface area contributed by atoms with Crippen molar-refractivity contribution in [2.45, 2.75) is 56.5 Å². The van der Waals surface area contributed by atoms with Crippen molar-refractivity contribution in [1.82, 2.24) is 0 Å². The SMILES string of the molecule is CC1=C[C@]2(CO[Si](c3ccccc3)(c3ccccc3)C(C)(C)C)C(=O)O[C@](C)(C1)[C@@H]2Br. The maximum absolute atomic E-state index is 13.2. The van der Waals surface area contributed by atoms with Crippen LogP contribution in [0.3, 0.4) is 0 Å². The zero-order valence-electron chi connectivity index (χ0n) is 18.9. The zero-order chi connectivity index (χ0) is 22.5. The number of carbonyl (C=O) groups is 1. The molecule has 0 N–H and O–H groups in total. The number of esters is 1. The summed E-state index contributed by atoms with van der Waals surface area (Å²) in [6, 6.07) is 21.1. The Kier molecular flexibility index (Phi) is 5.60. The molecule has 1 aliphatic heterocycles. The molecule has 2 aromatic carbocycles. The molecule has 0 spiro atoms. The molecule has 1 heterocycles. The van der Waals surface area contributed by atoms with Crippen molar-refractivity contribution in [1.29, 1.82) is 0 Å². The Labute approximate surface area is 195 Å². The lowest BCUT2D eigenvalue weighted by molar-refractivity contribution is -0.151. The van der Waals surface area contributed by atoms with Crippen LogP contribution in [0.2, 0.25) is 5.04 Å². The summed E-state index contributed by atoms with van der Waals surface area (Å²) in [4.78, 5) is 13.1. The van der Waals surface area contributed by atoms with Gasteiger partial charge in [0.05, 0.1) is 11.4 Å². The summed E-state index contributed by atoms with van der Waals surface area (Å²) in [7, 11) is -2.74. The van der Waals surface area contributed by atoms with E-state index in [1.807, 2.05) is 19.1 Å². The lowest BCUT2D eigenvalue weighted by Gasteiger charge is -2.45. The van der Waals surface area contributed by atoms with Gasteiger partial charge in [0.15, 0.2) is 0 Å². The molecule has 0 unspecified atom stereocenters. The molecular formula is C26H31BrO3Si. The van der Waals surface area contributed by atoms with Gasteiger partial charge in [-0.1, -0.05) is 109 Å². The minimum Gasteiger partial charge on any atom is -0.457 e. The van der Waals surface area contributed by atoms with Crippen LogP contribution in [0.4, 0.5) is 0 Å². The number of halogens is 1. The fourth-order valence-electron chi connectivity index (χ4n) is 5.47. The summed E-state index contributed by atoms with van der Waals surface area (Å²) in [6.07, 6.45) is 2.83. The van der Waals surface area contributed by atoms with E-state index in [1.54, 1.807) is 0 Å². The number of rotatable bonds is 5. The Morgan fingerprint density at radius 2 is 1.58 bits per heavy atom. The smallest absolute Gasteiger partial charge is 0.320 e. The van der Waals surface area contributed by atoms with Gasteiger partial charge < -0.3 is 9.16 Å².